The van der Waals surface area contributed by atoms with Crippen LogP contribution in [0.15, 0.2) is 24.3 Å². The molecule has 2 N–H and O–H groups in total. The number of amides is 3. The zero-order valence-corrected chi connectivity index (χ0v) is 12.0. The van der Waals surface area contributed by atoms with Crippen LogP contribution in [0.2, 0.25) is 5.02 Å². The second kappa shape index (κ2) is 7.11. The molecular weight excluding hydrogens is 266 g/mol. The molecule has 0 spiro atoms. The summed E-state index contributed by atoms with van der Waals surface area (Å²) in [6, 6.07) is 7.00. The first-order valence-corrected chi connectivity index (χ1v) is 6.29. The van der Waals surface area contributed by atoms with Crippen molar-refractivity contribution in [2.45, 2.75) is 13.0 Å². The van der Waals surface area contributed by atoms with Gasteiger partial charge in [0.2, 0.25) is 5.91 Å². The number of nitrogens with zero attached hydrogens (tertiary/aromatic N) is 1. The van der Waals surface area contributed by atoms with Crippen LogP contribution in [0.3, 0.4) is 0 Å². The number of carbonyl (C=O) groups excluding carboxylic acids is 2. The lowest BCUT2D eigenvalue weighted by molar-refractivity contribution is -0.121. The monoisotopic (exact) mass is 283 g/mol. The lowest BCUT2D eigenvalue weighted by Gasteiger charge is -2.24. The van der Waals surface area contributed by atoms with E-state index in [0.717, 1.165) is 5.56 Å². The minimum atomic E-state index is -0.502. The summed E-state index contributed by atoms with van der Waals surface area (Å²) in [5.74, 6) is -0.345. The molecule has 1 atom stereocenters. The first-order valence-electron chi connectivity index (χ1n) is 5.91. The van der Waals surface area contributed by atoms with Crippen LogP contribution in [-0.2, 0) is 4.79 Å². The molecule has 0 aliphatic rings. The van der Waals surface area contributed by atoms with Crippen molar-refractivity contribution >= 4 is 23.5 Å². The van der Waals surface area contributed by atoms with E-state index in [1.807, 2.05) is 43.1 Å². The summed E-state index contributed by atoms with van der Waals surface area (Å²) >= 11 is 5.83. The van der Waals surface area contributed by atoms with Gasteiger partial charge < -0.3 is 5.32 Å². The fourth-order valence-corrected chi connectivity index (χ4v) is 1.71. The number of imide groups is 1. The van der Waals surface area contributed by atoms with E-state index in [1.165, 1.54) is 7.05 Å². The number of likely N-dealkylation sites (N-methyl/N-ethyl adjacent to an activating group) is 1. The molecule has 0 radical (unpaired) electrons. The van der Waals surface area contributed by atoms with E-state index in [4.69, 9.17) is 11.6 Å². The van der Waals surface area contributed by atoms with Gasteiger partial charge in [0.25, 0.3) is 0 Å². The average molecular weight is 284 g/mol. The first kappa shape index (κ1) is 15.5. The Bertz CT molecular complexity index is 448. The van der Waals surface area contributed by atoms with Crippen LogP contribution in [0.1, 0.15) is 18.5 Å². The van der Waals surface area contributed by atoms with Gasteiger partial charge in [0, 0.05) is 18.1 Å². The summed E-state index contributed by atoms with van der Waals surface area (Å²) in [6.07, 6.45) is 0. The van der Waals surface area contributed by atoms with Gasteiger partial charge in [-0.05, 0) is 31.7 Å². The molecule has 5 nitrogen and oxygen atoms in total. The molecule has 1 aromatic carbocycles. The predicted molar refractivity (Wildman–Crippen MR) is 75.1 cm³/mol. The van der Waals surface area contributed by atoms with Gasteiger partial charge in [-0.3, -0.25) is 15.0 Å². The first-order chi connectivity index (χ1) is 8.93. The Hall–Kier alpha value is -1.59. The van der Waals surface area contributed by atoms with Gasteiger partial charge in [-0.1, -0.05) is 23.7 Å². The highest BCUT2D eigenvalue weighted by atomic mass is 35.5. The Morgan fingerprint density at radius 2 is 1.89 bits per heavy atom. The molecule has 6 heteroatoms. The molecule has 19 heavy (non-hydrogen) atoms. The molecule has 0 saturated carbocycles. The molecular formula is C13H18ClN3O2. The lowest BCUT2D eigenvalue weighted by Crippen LogP contribution is -2.43. The summed E-state index contributed by atoms with van der Waals surface area (Å²) in [6.45, 7) is 2.12. The zero-order valence-electron chi connectivity index (χ0n) is 11.2. The molecule has 3 amide bonds. The smallest absolute Gasteiger partial charge is 0.321 e. The highest BCUT2D eigenvalue weighted by molar-refractivity contribution is 6.30. The maximum Gasteiger partial charge on any atom is 0.321 e. The fourth-order valence-electron chi connectivity index (χ4n) is 1.59. The number of halogens is 1. The highest BCUT2D eigenvalue weighted by Crippen LogP contribution is 2.20. The van der Waals surface area contributed by atoms with Gasteiger partial charge in [-0.15, -0.1) is 0 Å². The standard InChI is InChI=1S/C13H18ClN3O2/c1-9(10-4-6-11(14)7-5-10)17(3)8-12(18)16-13(19)15-2/h4-7,9H,8H2,1-3H3,(H2,15,16,18,19). The van der Waals surface area contributed by atoms with E-state index in [2.05, 4.69) is 10.6 Å². The molecule has 1 aromatic rings. The Balaban J connectivity index is 2.57. The van der Waals surface area contributed by atoms with E-state index in [-0.39, 0.29) is 18.5 Å². The highest BCUT2D eigenvalue weighted by Gasteiger charge is 2.15. The van der Waals surface area contributed by atoms with Crippen molar-refractivity contribution in [3.8, 4) is 0 Å². The molecule has 104 valence electrons. The normalized spacial score (nSPS) is 12.1. The molecule has 0 heterocycles. The summed E-state index contributed by atoms with van der Waals surface area (Å²) in [7, 11) is 3.28. The third-order valence-electron chi connectivity index (χ3n) is 2.89. The van der Waals surface area contributed by atoms with E-state index in [0.29, 0.717) is 5.02 Å². The van der Waals surface area contributed by atoms with Crippen molar-refractivity contribution < 1.29 is 9.59 Å². The Labute approximate surface area is 117 Å². The number of benzene rings is 1. The van der Waals surface area contributed by atoms with E-state index in [1.54, 1.807) is 0 Å². The second-order valence-corrected chi connectivity index (χ2v) is 4.71. The third kappa shape index (κ3) is 4.89. The largest absolute Gasteiger partial charge is 0.341 e. The van der Waals surface area contributed by atoms with Crippen molar-refractivity contribution in [2.24, 2.45) is 0 Å². The van der Waals surface area contributed by atoms with Gasteiger partial charge in [0.05, 0.1) is 6.54 Å². The molecule has 0 aromatic heterocycles. The van der Waals surface area contributed by atoms with E-state index < -0.39 is 6.03 Å². The molecule has 0 saturated heterocycles. The average Bonchev–Trinajstić information content (AvgIpc) is 2.38. The molecule has 0 aliphatic carbocycles. The Kier molecular flexibility index (Phi) is 5.79. The predicted octanol–water partition coefficient (Wildman–Crippen LogP) is 1.79. The maximum absolute atomic E-state index is 11.6. The quantitative estimate of drug-likeness (QED) is 0.886. The number of carbonyl (C=O) groups is 2. The number of nitrogens with one attached hydrogen (secondary N) is 2. The number of urea groups is 1. The summed E-state index contributed by atoms with van der Waals surface area (Å²) < 4.78 is 0. The molecule has 0 bridgehead atoms. The van der Waals surface area contributed by atoms with E-state index >= 15 is 0 Å². The molecule has 1 rings (SSSR count). The van der Waals surface area contributed by atoms with Crippen LogP contribution in [0, 0.1) is 0 Å². The van der Waals surface area contributed by atoms with Crippen LogP contribution in [-0.4, -0.2) is 37.5 Å². The second-order valence-electron chi connectivity index (χ2n) is 4.27. The number of hydrogen-bond donors (Lipinski definition) is 2. The van der Waals surface area contributed by atoms with Gasteiger partial charge in [0.1, 0.15) is 0 Å². The molecule has 0 fully saturated rings. The summed E-state index contributed by atoms with van der Waals surface area (Å²) in [4.78, 5) is 24.4. The minimum Gasteiger partial charge on any atom is -0.341 e. The van der Waals surface area contributed by atoms with Crippen LogP contribution in [0.4, 0.5) is 4.79 Å². The third-order valence-corrected chi connectivity index (χ3v) is 3.14. The maximum atomic E-state index is 11.6. The summed E-state index contributed by atoms with van der Waals surface area (Å²) in [5, 5.41) is 5.23. The van der Waals surface area contributed by atoms with Crippen LogP contribution >= 0.6 is 11.6 Å². The Morgan fingerprint density at radius 1 is 1.32 bits per heavy atom. The molecule has 0 aliphatic heterocycles. The number of rotatable bonds is 4. The van der Waals surface area contributed by atoms with Gasteiger partial charge >= 0.3 is 6.03 Å². The topological polar surface area (TPSA) is 61.4 Å². The SMILES string of the molecule is CNC(=O)NC(=O)CN(C)C(C)c1ccc(Cl)cc1. The lowest BCUT2D eigenvalue weighted by atomic mass is 10.1. The zero-order chi connectivity index (χ0) is 14.4. The molecule has 1 unspecified atom stereocenters. The Morgan fingerprint density at radius 3 is 2.42 bits per heavy atom. The van der Waals surface area contributed by atoms with Crippen LogP contribution in [0.5, 0.6) is 0 Å². The van der Waals surface area contributed by atoms with Crippen molar-refractivity contribution in [3.05, 3.63) is 34.9 Å². The van der Waals surface area contributed by atoms with Gasteiger partial charge in [-0.2, -0.15) is 0 Å². The van der Waals surface area contributed by atoms with Crippen molar-refractivity contribution in [3.63, 3.8) is 0 Å². The van der Waals surface area contributed by atoms with Crippen molar-refractivity contribution in [1.29, 1.82) is 0 Å². The van der Waals surface area contributed by atoms with E-state index in [9.17, 15) is 9.59 Å². The summed E-state index contributed by atoms with van der Waals surface area (Å²) in [5.41, 5.74) is 1.06. The number of hydrogen-bond acceptors (Lipinski definition) is 3. The minimum absolute atomic E-state index is 0.0488. The van der Waals surface area contributed by atoms with Crippen LogP contribution in [0.25, 0.3) is 0 Å². The van der Waals surface area contributed by atoms with Gasteiger partial charge in [-0.25, -0.2) is 4.79 Å². The van der Waals surface area contributed by atoms with Gasteiger partial charge in [0.15, 0.2) is 0 Å². The van der Waals surface area contributed by atoms with Crippen LogP contribution < -0.4 is 10.6 Å². The van der Waals surface area contributed by atoms with Crippen molar-refractivity contribution in [2.75, 3.05) is 20.6 Å². The fraction of sp³-hybridized carbons (Fsp3) is 0.385. The van der Waals surface area contributed by atoms with Crippen molar-refractivity contribution in [1.82, 2.24) is 15.5 Å².